The van der Waals surface area contributed by atoms with Crippen molar-refractivity contribution in [2.45, 2.75) is 76.7 Å². The van der Waals surface area contributed by atoms with Crippen LogP contribution in [0.15, 0.2) is 0 Å². The third kappa shape index (κ3) is 6.39. The van der Waals surface area contributed by atoms with E-state index in [0.29, 0.717) is 13.1 Å². The number of carbonyl (C=O) groups excluding carboxylic acids is 1. The second-order valence-corrected chi connectivity index (χ2v) is 8.59. The van der Waals surface area contributed by atoms with Gasteiger partial charge in [-0.15, -0.1) is 0 Å². The van der Waals surface area contributed by atoms with E-state index in [2.05, 4.69) is 16.0 Å². The van der Waals surface area contributed by atoms with Crippen LogP contribution in [0.5, 0.6) is 0 Å². The Hall–Kier alpha value is -1.24. The van der Waals surface area contributed by atoms with Gasteiger partial charge in [0.15, 0.2) is 17.2 Å². The zero-order valence-corrected chi connectivity index (χ0v) is 17.7. The Kier molecular flexibility index (Phi) is 7.45. The standard InChI is InChI=1S/C17H31N3O7S/c1-16(2,3)27-15(23)19-7-6-18-14(28)20-9(8-21)11-10(22)12-13(24-11)26-17(4,5)25-12/h9-13,21-22H,6-8H2,1-5H3,(H,19,23)(H2,18,20,28)/t9-,10+,11-,12-,13-/m1/s1. The summed E-state index contributed by atoms with van der Waals surface area (Å²) in [6, 6.07) is -0.658. The highest BCUT2D eigenvalue weighted by molar-refractivity contribution is 7.80. The first-order valence-electron chi connectivity index (χ1n) is 9.23. The first-order valence-corrected chi connectivity index (χ1v) is 9.64. The van der Waals surface area contributed by atoms with Crippen LogP contribution in [0.4, 0.5) is 4.79 Å². The van der Waals surface area contributed by atoms with Gasteiger partial charge in [-0.1, -0.05) is 0 Å². The maximum absolute atomic E-state index is 11.6. The van der Waals surface area contributed by atoms with E-state index in [9.17, 15) is 15.0 Å². The van der Waals surface area contributed by atoms with Gasteiger partial charge in [0, 0.05) is 13.1 Å². The topological polar surface area (TPSA) is 131 Å². The summed E-state index contributed by atoms with van der Waals surface area (Å²) in [5.74, 6) is -0.832. The predicted octanol–water partition coefficient (Wildman–Crippen LogP) is -0.427. The van der Waals surface area contributed by atoms with E-state index >= 15 is 0 Å². The van der Waals surface area contributed by atoms with Crippen molar-refractivity contribution in [3.8, 4) is 0 Å². The lowest BCUT2D eigenvalue weighted by Gasteiger charge is -2.29. The minimum Gasteiger partial charge on any atom is -0.444 e. The molecule has 0 spiro atoms. The van der Waals surface area contributed by atoms with Gasteiger partial charge in [-0.3, -0.25) is 0 Å². The van der Waals surface area contributed by atoms with E-state index in [1.165, 1.54) is 0 Å². The number of amides is 1. The van der Waals surface area contributed by atoms with Gasteiger partial charge in [-0.2, -0.15) is 0 Å². The molecule has 0 saturated carbocycles. The van der Waals surface area contributed by atoms with Crippen molar-refractivity contribution in [3.63, 3.8) is 0 Å². The fourth-order valence-corrected chi connectivity index (χ4v) is 3.21. The maximum Gasteiger partial charge on any atom is 0.407 e. The van der Waals surface area contributed by atoms with Gasteiger partial charge in [0.2, 0.25) is 0 Å². The normalized spacial score (nSPS) is 29.7. The molecule has 5 N–H and O–H groups in total. The number of rotatable bonds is 6. The van der Waals surface area contributed by atoms with Gasteiger partial charge in [-0.05, 0) is 46.8 Å². The number of nitrogens with one attached hydrogen (secondary N) is 3. The molecule has 0 aliphatic carbocycles. The summed E-state index contributed by atoms with van der Waals surface area (Å²) >= 11 is 5.20. The van der Waals surface area contributed by atoms with Crippen LogP contribution in [-0.2, 0) is 18.9 Å². The monoisotopic (exact) mass is 421 g/mol. The molecule has 2 aliphatic heterocycles. The number of aliphatic hydroxyl groups is 2. The Morgan fingerprint density at radius 1 is 1.25 bits per heavy atom. The van der Waals surface area contributed by atoms with Crippen molar-refractivity contribution in [1.29, 1.82) is 0 Å². The Labute approximate surface area is 170 Å². The Morgan fingerprint density at radius 2 is 1.89 bits per heavy atom. The van der Waals surface area contributed by atoms with Crippen LogP contribution in [0, 0.1) is 0 Å². The van der Waals surface area contributed by atoms with Gasteiger partial charge in [0.05, 0.1) is 12.6 Å². The number of ether oxygens (including phenoxy) is 4. The second-order valence-electron chi connectivity index (χ2n) is 8.18. The highest BCUT2D eigenvalue weighted by Gasteiger charge is 2.56. The first kappa shape index (κ1) is 23.0. The third-order valence-electron chi connectivity index (χ3n) is 4.04. The summed E-state index contributed by atoms with van der Waals surface area (Å²) in [5, 5.41) is 28.8. The molecule has 2 saturated heterocycles. The summed E-state index contributed by atoms with van der Waals surface area (Å²) < 4.78 is 22.1. The summed E-state index contributed by atoms with van der Waals surface area (Å²) in [7, 11) is 0. The third-order valence-corrected chi connectivity index (χ3v) is 4.30. The van der Waals surface area contributed by atoms with Crippen LogP contribution in [0.2, 0.25) is 0 Å². The van der Waals surface area contributed by atoms with E-state index < -0.39 is 48.1 Å². The van der Waals surface area contributed by atoms with E-state index in [1.54, 1.807) is 34.6 Å². The quantitative estimate of drug-likeness (QED) is 0.284. The largest absolute Gasteiger partial charge is 0.444 e. The first-order chi connectivity index (χ1) is 12.9. The van der Waals surface area contributed by atoms with Crippen molar-refractivity contribution in [2.75, 3.05) is 19.7 Å². The minimum absolute atomic E-state index is 0.250. The smallest absolute Gasteiger partial charge is 0.407 e. The molecule has 162 valence electrons. The Morgan fingerprint density at radius 3 is 2.46 bits per heavy atom. The summed E-state index contributed by atoms with van der Waals surface area (Å²) in [6.45, 7) is 9.15. The fraction of sp³-hybridized carbons (Fsp3) is 0.882. The molecule has 2 heterocycles. The lowest BCUT2D eigenvalue weighted by atomic mass is 10.0. The molecular formula is C17H31N3O7S. The van der Waals surface area contributed by atoms with Crippen LogP contribution in [0.3, 0.4) is 0 Å². The number of alkyl carbamates (subject to hydrolysis) is 1. The average Bonchev–Trinajstić information content (AvgIpc) is 3.01. The van der Waals surface area contributed by atoms with E-state index in [0.717, 1.165) is 0 Å². The molecule has 0 radical (unpaired) electrons. The molecule has 2 fully saturated rings. The molecule has 2 aliphatic rings. The molecule has 0 aromatic carbocycles. The molecule has 11 heteroatoms. The van der Waals surface area contributed by atoms with Crippen LogP contribution in [-0.4, -0.2) is 83.1 Å². The zero-order chi connectivity index (χ0) is 21.1. The van der Waals surface area contributed by atoms with Gasteiger partial charge in [0.25, 0.3) is 0 Å². The van der Waals surface area contributed by atoms with Gasteiger partial charge >= 0.3 is 6.09 Å². The molecule has 0 bridgehead atoms. The van der Waals surface area contributed by atoms with Crippen molar-refractivity contribution in [2.24, 2.45) is 0 Å². The van der Waals surface area contributed by atoms with Crippen LogP contribution < -0.4 is 16.0 Å². The van der Waals surface area contributed by atoms with E-state index in [4.69, 9.17) is 31.2 Å². The number of carbonyl (C=O) groups is 1. The second kappa shape index (κ2) is 9.06. The van der Waals surface area contributed by atoms with Gasteiger partial charge < -0.3 is 45.1 Å². The van der Waals surface area contributed by atoms with Crippen molar-refractivity contribution in [3.05, 3.63) is 0 Å². The molecule has 28 heavy (non-hydrogen) atoms. The highest BCUT2D eigenvalue weighted by atomic mass is 32.1. The average molecular weight is 422 g/mol. The molecular weight excluding hydrogens is 390 g/mol. The minimum atomic E-state index is -0.979. The Balaban J connectivity index is 1.73. The Bertz CT molecular complexity index is 569. The molecule has 0 unspecified atom stereocenters. The number of thiocarbonyl (C=S) groups is 1. The fourth-order valence-electron chi connectivity index (χ4n) is 2.95. The van der Waals surface area contributed by atoms with Crippen LogP contribution in [0.25, 0.3) is 0 Å². The summed E-state index contributed by atoms with van der Waals surface area (Å²) in [6.07, 6.45) is -3.58. The van der Waals surface area contributed by atoms with Crippen LogP contribution in [0.1, 0.15) is 34.6 Å². The summed E-state index contributed by atoms with van der Waals surface area (Å²) in [4.78, 5) is 11.6. The van der Waals surface area contributed by atoms with Gasteiger partial charge in [-0.25, -0.2) is 4.79 Å². The van der Waals surface area contributed by atoms with Crippen molar-refractivity contribution < 1.29 is 34.0 Å². The molecule has 0 aromatic heterocycles. The number of aliphatic hydroxyl groups excluding tert-OH is 2. The van der Waals surface area contributed by atoms with Gasteiger partial charge in [0.1, 0.15) is 23.9 Å². The van der Waals surface area contributed by atoms with Crippen molar-refractivity contribution >= 4 is 23.4 Å². The highest BCUT2D eigenvalue weighted by Crippen LogP contribution is 2.38. The molecule has 5 atom stereocenters. The van der Waals surface area contributed by atoms with E-state index in [1.807, 2.05) is 0 Å². The van der Waals surface area contributed by atoms with E-state index in [-0.39, 0.29) is 11.7 Å². The zero-order valence-electron chi connectivity index (χ0n) is 16.9. The maximum atomic E-state index is 11.6. The number of fused-ring (bicyclic) bond motifs is 1. The summed E-state index contributed by atoms with van der Waals surface area (Å²) in [5.41, 5.74) is -0.564. The van der Waals surface area contributed by atoms with Crippen molar-refractivity contribution in [1.82, 2.24) is 16.0 Å². The van der Waals surface area contributed by atoms with Crippen LogP contribution >= 0.6 is 12.2 Å². The number of hydrogen-bond acceptors (Lipinski definition) is 8. The lowest BCUT2D eigenvalue weighted by molar-refractivity contribution is -0.218. The molecule has 10 nitrogen and oxygen atoms in total. The predicted molar refractivity (Wildman–Crippen MR) is 104 cm³/mol. The molecule has 2 rings (SSSR count). The molecule has 0 aromatic rings. The SMILES string of the molecule is CC(C)(C)OC(=O)NCCNC(=S)N[C@H](CO)[C@H]1O[C@@H]2OC(C)(C)O[C@@H]2[C@H]1O. The molecule has 1 amide bonds. The lowest BCUT2D eigenvalue weighted by Crippen LogP contribution is -2.54. The number of hydrogen-bond donors (Lipinski definition) is 5.